The van der Waals surface area contributed by atoms with E-state index in [1.54, 1.807) is 0 Å². The molecule has 0 saturated carbocycles. The maximum absolute atomic E-state index is 5.36. The molecule has 80 valence electrons. The predicted octanol–water partition coefficient (Wildman–Crippen LogP) is 3.17. The molecule has 2 aromatic rings. The number of rotatable bonds is 0. The summed E-state index contributed by atoms with van der Waals surface area (Å²) in [5, 5.41) is 0. The molecule has 0 aliphatic heterocycles. The molecule has 2 aromatic carbocycles. The molecule has 0 saturated heterocycles. The van der Waals surface area contributed by atoms with Gasteiger partial charge >= 0.3 is 0 Å². The van der Waals surface area contributed by atoms with Crippen molar-refractivity contribution in [3.8, 4) is 0 Å². The van der Waals surface area contributed by atoms with Crippen LogP contribution in [0.25, 0.3) is 0 Å². The van der Waals surface area contributed by atoms with E-state index in [-0.39, 0.29) is 7.43 Å². The molecule has 0 spiro atoms. The van der Waals surface area contributed by atoms with E-state index in [1.807, 2.05) is 60.7 Å². The van der Waals surface area contributed by atoms with Gasteiger partial charge in [-0.25, -0.2) is 0 Å². The Balaban J connectivity index is 0.000000245. The van der Waals surface area contributed by atoms with Crippen molar-refractivity contribution in [3.63, 3.8) is 0 Å². The summed E-state index contributed by atoms with van der Waals surface area (Å²) in [6, 6.07) is 19.0. The number of benzene rings is 2. The topological polar surface area (TPSA) is 52.0 Å². The van der Waals surface area contributed by atoms with E-state index in [0.29, 0.717) is 0 Å². The molecule has 0 amide bonds. The summed E-state index contributed by atoms with van der Waals surface area (Å²) < 4.78 is 0. The van der Waals surface area contributed by atoms with E-state index in [4.69, 9.17) is 11.5 Å². The van der Waals surface area contributed by atoms with Crippen LogP contribution >= 0.6 is 0 Å². The van der Waals surface area contributed by atoms with Crippen LogP contribution in [0.4, 0.5) is 11.4 Å². The highest BCUT2D eigenvalue weighted by molar-refractivity contribution is 5.36. The van der Waals surface area contributed by atoms with E-state index in [1.165, 1.54) is 0 Å². The monoisotopic (exact) mass is 202 g/mol. The van der Waals surface area contributed by atoms with Crippen LogP contribution in [-0.4, -0.2) is 0 Å². The van der Waals surface area contributed by atoms with Crippen LogP contribution < -0.4 is 11.5 Å². The van der Waals surface area contributed by atoms with Gasteiger partial charge in [0, 0.05) is 11.4 Å². The lowest BCUT2D eigenvalue weighted by Gasteiger charge is -1.83. The molecular formula is C13H18N2. The molecule has 0 unspecified atom stereocenters. The number of hydrogen-bond donors (Lipinski definition) is 2. The Hall–Kier alpha value is -1.96. The predicted molar refractivity (Wildman–Crippen MR) is 68.4 cm³/mol. The van der Waals surface area contributed by atoms with Gasteiger partial charge in [-0.15, -0.1) is 0 Å². The minimum Gasteiger partial charge on any atom is -0.399 e. The third kappa shape index (κ3) is 6.16. The number of nitrogen functional groups attached to an aromatic ring is 2. The second-order valence-corrected chi connectivity index (χ2v) is 2.82. The molecule has 2 rings (SSSR count). The maximum Gasteiger partial charge on any atom is 0.0313 e. The van der Waals surface area contributed by atoms with Crippen LogP contribution in [0.5, 0.6) is 0 Å². The Labute approximate surface area is 91.5 Å². The van der Waals surface area contributed by atoms with Gasteiger partial charge in [-0.05, 0) is 24.3 Å². The summed E-state index contributed by atoms with van der Waals surface area (Å²) in [4.78, 5) is 0. The average molecular weight is 202 g/mol. The minimum absolute atomic E-state index is 0. The van der Waals surface area contributed by atoms with E-state index in [2.05, 4.69) is 0 Å². The lowest BCUT2D eigenvalue weighted by atomic mass is 10.3. The molecule has 0 aromatic heterocycles. The van der Waals surface area contributed by atoms with Crippen LogP contribution in [0.1, 0.15) is 7.43 Å². The van der Waals surface area contributed by atoms with Crippen molar-refractivity contribution >= 4 is 11.4 Å². The Morgan fingerprint density at radius 1 is 0.533 bits per heavy atom. The van der Waals surface area contributed by atoms with Crippen LogP contribution in [0.2, 0.25) is 0 Å². The van der Waals surface area contributed by atoms with Gasteiger partial charge in [0.1, 0.15) is 0 Å². The quantitative estimate of drug-likeness (QED) is 0.645. The first-order chi connectivity index (χ1) is 6.79. The standard InChI is InChI=1S/2C6H7N.CH4/c2*7-6-4-2-1-3-5-6;/h2*1-5H,7H2;1H4. The lowest BCUT2D eigenvalue weighted by Crippen LogP contribution is -1.79. The highest BCUT2D eigenvalue weighted by atomic mass is 14.5. The number of para-hydroxylation sites is 2. The summed E-state index contributed by atoms with van der Waals surface area (Å²) in [6.07, 6.45) is 0. The first-order valence-corrected chi connectivity index (χ1v) is 4.40. The molecular weight excluding hydrogens is 184 g/mol. The van der Waals surface area contributed by atoms with Crippen molar-refractivity contribution < 1.29 is 0 Å². The highest BCUT2D eigenvalue weighted by Crippen LogP contribution is 1.96. The molecule has 0 radical (unpaired) electrons. The van der Waals surface area contributed by atoms with Crippen LogP contribution in [0, 0.1) is 0 Å². The first-order valence-electron chi connectivity index (χ1n) is 4.40. The fourth-order valence-electron chi connectivity index (χ4n) is 0.906. The third-order valence-corrected chi connectivity index (χ3v) is 1.60. The maximum atomic E-state index is 5.36. The first kappa shape index (κ1) is 13.0. The van der Waals surface area contributed by atoms with Gasteiger partial charge < -0.3 is 11.5 Å². The molecule has 2 heteroatoms. The molecule has 4 N–H and O–H groups in total. The third-order valence-electron chi connectivity index (χ3n) is 1.60. The van der Waals surface area contributed by atoms with Crippen LogP contribution in [-0.2, 0) is 0 Å². The van der Waals surface area contributed by atoms with Crippen molar-refractivity contribution in [2.75, 3.05) is 11.5 Å². The molecule has 0 aliphatic rings. The smallest absolute Gasteiger partial charge is 0.0313 e. The second kappa shape index (κ2) is 7.44. The Bertz CT molecular complexity index is 306. The summed E-state index contributed by atoms with van der Waals surface area (Å²) in [5.41, 5.74) is 12.4. The van der Waals surface area contributed by atoms with Crippen molar-refractivity contribution in [2.24, 2.45) is 0 Å². The van der Waals surface area contributed by atoms with Gasteiger partial charge in [0.05, 0.1) is 0 Å². The van der Waals surface area contributed by atoms with Gasteiger partial charge in [-0.1, -0.05) is 43.8 Å². The van der Waals surface area contributed by atoms with Crippen LogP contribution in [0.3, 0.4) is 0 Å². The van der Waals surface area contributed by atoms with E-state index >= 15 is 0 Å². The summed E-state index contributed by atoms with van der Waals surface area (Å²) in [7, 11) is 0. The minimum atomic E-state index is 0. The number of hydrogen-bond acceptors (Lipinski definition) is 2. The summed E-state index contributed by atoms with van der Waals surface area (Å²) in [5.74, 6) is 0. The Morgan fingerprint density at radius 3 is 0.933 bits per heavy atom. The van der Waals surface area contributed by atoms with Crippen molar-refractivity contribution in [1.82, 2.24) is 0 Å². The zero-order valence-electron chi connectivity index (χ0n) is 7.93. The zero-order valence-corrected chi connectivity index (χ0v) is 7.93. The van der Waals surface area contributed by atoms with Crippen molar-refractivity contribution in [3.05, 3.63) is 60.7 Å². The molecule has 2 nitrogen and oxygen atoms in total. The van der Waals surface area contributed by atoms with Gasteiger partial charge in [0.25, 0.3) is 0 Å². The van der Waals surface area contributed by atoms with E-state index in [0.717, 1.165) is 11.4 Å². The fraction of sp³-hybridized carbons (Fsp3) is 0.0769. The normalized spacial score (nSPS) is 8.00. The number of anilines is 2. The molecule has 15 heavy (non-hydrogen) atoms. The van der Waals surface area contributed by atoms with Crippen molar-refractivity contribution in [2.45, 2.75) is 7.43 Å². The SMILES string of the molecule is C.Nc1ccccc1.Nc1ccccc1. The zero-order chi connectivity index (χ0) is 10.2. The lowest BCUT2D eigenvalue weighted by molar-refractivity contribution is 1.69. The number of nitrogens with two attached hydrogens (primary N) is 2. The highest BCUT2D eigenvalue weighted by Gasteiger charge is 1.72. The Kier molecular flexibility index (Phi) is 6.47. The van der Waals surface area contributed by atoms with Gasteiger partial charge in [0.15, 0.2) is 0 Å². The molecule has 0 heterocycles. The molecule has 0 fully saturated rings. The molecule has 0 aliphatic carbocycles. The van der Waals surface area contributed by atoms with Crippen molar-refractivity contribution in [1.29, 1.82) is 0 Å². The summed E-state index contributed by atoms with van der Waals surface area (Å²) >= 11 is 0. The summed E-state index contributed by atoms with van der Waals surface area (Å²) in [6.45, 7) is 0. The van der Waals surface area contributed by atoms with Crippen LogP contribution in [0.15, 0.2) is 60.7 Å². The van der Waals surface area contributed by atoms with E-state index in [9.17, 15) is 0 Å². The average Bonchev–Trinajstić information content (AvgIpc) is 2.21. The van der Waals surface area contributed by atoms with E-state index < -0.39 is 0 Å². The Morgan fingerprint density at radius 2 is 0.800 bits per heavy atom. The van der Waals surface area contributed by atoms with Gasteiger partial charge in [-0.2, -0.15) is 0 Å². The fourth-order valence-corrected chi connectivity index (χ4v) is 0.906. The largest absolute Gasteiger partial charge is 0.399 e. The molecule has 0 atom stereocenters. The van der Waals surface area contributed by atoms with Gasteiger partial charge in [-0.3, -0.25) is 0 Å². The molecule has 0 bridgehead atoms. The second-order valence-electron chi connectivity index (χ2n) is 2.82. The van der Waals surface area contributed by atoms with Gasteiger partial charge in [0.2, 0.25) is 0 Å².